The molecule has 16 heavy (non-hydrogen) atoms. The molecule has 0 heterocycles. The largest absolute Gasteiger partial charge is 0.385 e. The first-order chi connectivity index (χ1) is 7.61. The van der Waals surface area contributed by atoms with Crippen LogP contribution in [0.25, 0.3) is 0 Å². The van der Waals surface area contributed by atoms with Crippen LogP contribution in [-0.4, -0.2) is 23.9 Å². The molecule has 0 radical (unpaired) electrons. The highest BCUT2D eigenvalue weighted by Gasteiger charge is 2.24. The van der Waals surface area contributed by atoms with E-state index in [2.05, 4.69) is 20.8 Å². The topological polar surface area (TPSA) is 29.5 Å². The van der Waals surface area contributed by atoms with Gasteiger partial charge in [0, 0.05) is 6.61 Å². The number of rotatable bonds is 5. The van der Waals surface area contributed by atoms with Crippen LogP contribution in [0.1, 0.15) is 47.0 Å². The summed E-state index contributed by atoms with van der Waals surface area (Å²) in [6.45, 7) is 9.14. The normalized spacial score (nSPS) is 25.9. The molecule has 2 nitrogen and oxygen atoms in total. The highest BCUT2D eigenvalue weighted by Crippen LogP contribution is 2.29. The number of hydrogen-bond donors (Lipinski definition) is 1. The first-order valence-corrected chi connectivity index (χ1v) is 6.29. The Hall–Kier alpha value is -0.600. The lowest BCUT2D eigenvalue weighted by Crippen LogP contribution is -2.26. The van der Waals surface area contributed by atoms with Crippen molar-refractivity contribution in [2.24, 2.45) is 0 Å². The third kappa shape index (κ3) is 2.96. The molecule has 1 rings (SSSR count). The molecule has 0 fully saturated rings. The molecule has 0 amide bonds. The van der Waals surface area contributed by atoms with Gasteiger partial charge >= 0.3 is 0 Å². The van der Waals surface area contributed by atoms with Gasteiger partial charge in [0.05, 0.1) is 12.2 Å². The molecular formula is C14H24O2. The molecule has 1 aliphatic carbocycles. The molecule has 0 bridgehead atoms. The minimum absolute atomic E-state index is 0.0972. The van der Waals surface area contributed by atoms with E-state index in [9.17, 15) is 5.11 Å². The first-order valence-electron chi connectivity index (χ1n) is 6.29. The van der Waals surface area contributed by atoms with Gasteiger partial charge in [0.25, 0.3) is 0 Å². The third-order valence-corrected chi connectivity index (χ3v) is 3.36. The monoisotopic (exact) mass is 224 g/mol. The van der Waals surface area contributed by atoms with Crippen LogP contribution >= 0.6 is 0 Å². The molecule has 1 aliphatic rings. The van der Waals surface area contributed by atoms with Gasteiger partial charge in [0.2, 0.25) is 0 Å². The van der Waals surface area contributed by atoms with Crippen molar-refractivity contribution in [3.8, 4) is 0 Å². The second kappa shape index (κ2) is 6.21. The summed E-state index contributed by atoms with van der Waals surface area (Å²) in [5.41, 5.74) is 3.44. The van der Waals surface area contributed by atoms with E-state index in [1.165, 1.54) is 11.1 Å². The quantitative estimate of drug-likeness (QED) is 0.574. The maximum atomic E-state index is 9.85. The first kappa shape index (κ1) is 13.5. The predicted molar refractivity (Wildman–Crippen MR) is 67.4 cm³/mol. The standard InChI is InChI=1S/C14H24O2/c1-5-7-8-16-14-11(4)10(3)13(15)9-12(14)6-2/h9,13-15H,5-8H2,1-4H3. The lowest BCUT2D eigenvalue weighted by Gasteiger charge is -2.29. The van der Waals surface area contributed by atoms with E-state index >= 15 is 0 Å². The Bertz CT molecular complexity index is 289. The smallest absolute Gasteiger partial charge is 0.0997 e. The Kier molecular flexibility index (Phi) is 5.23. The molecule has 0 saturated heterocycles. The van der Waals surface area contributed by atoms with Gasteiger partial charge in [-0.3, -0.25) is 0 Å². The van der Waals surface area contributed by atoms with Crippen LogP contribution in [-0.2, 0) is 4.74 Å². The Balaban J connectivity index is 2.74. The molecule has 0 aromatic carbocycles. The van der Waals surface area contributed by atoms with Crippen LogP contribution in [0.3, 0.4) is 0 Å². The summed E-state index contributed by atoms with van der Waals surface area (Å²) >= 11 is 0. The summed E-state index contributed by atoms with van der Waals surface area (Å²) in [6.07, 6.45) is 4.82. The predicted octanol–water partition coefficient (Wildman–Crippen LogP) is 3.22. The maximum Gasteiger partial charge on any atom is 0.0997 e. The fraction of sp³-hybridized carbons (Fsp3) is 0.714. The molecule has 2 unspecified atom stereocenters. The Morgan fingerprint density at radius 3 is 2.50 bits per heavy atom. The van der Waals surface area contributed by atoms with Crippen LogP contribution in [0, 0.1) is 0 Å². The number of ether oxygens (including phenoxy) is 1. The number of aliphatic hydroxyl groups is 1. The van der Waals surface area contributed by atoms with Crippen LogP contribution in [0.15, 0.2) is 22.8 Å². The van der Waals surface area contributed by atoms with Crippen molar-refractivity contribution in [1.29, 1.82) is 0 Å². The van der Waals surface area contributed by atoms with Crippen molar-refractivity contribution in [2.75, 3.05) is 6.61 Å². The lowest BCUT2D eigenvalue weighted by atomic mass is 9.87. The average molecular weight is 224 g/mol. The SMILES string of the molecule is CCCCOC1C(CC)=CC(O)C(C)=C1C. The Morgan fingerprint density at radius 2 is 1.94 bits per heavy atom. The lowest BCUT2D eigenvalue weighted by molar-refractivity contribution is 0.0898. The highest BCUT2D eigenvalue weighted by molar-refractivity contribution is 5.36. The zero-order valence-corrected chi connectivity index (χ0v) is 10.9. The molecule has 0 aliphatic heterocycles. The number of hydrogen-bond acceptors (Lipinski definition) is 2. The van der Waals surface area contributed by atoms with Gasteiger partial charge in [0.15, 0.2) is 0 Å². The van der Waals surface area contributed by atoms with Crippen LogP contribution < -0.4 is 0 Å². The van der Waals surface area contributed by atoms with E-state index in [1.54, 1.807) is 0 Å². The molecule has 2 atom stereocenters. The Labute approximate surface area is 99.0 Å². The van der Waals surface area contributed by atoms with Crippen molar-refractivity contribution >= 4 is 0 Å². The summed E-state index contributed by atoms with van der Waals surface area (Å²) in [4.78, 5) is 0. The van der Waals surface area contributed by atoms with Crippen molar-refractivity contribution in [1.82, 2.24) is 0 Å². The summed E-state index contributed by atoms with van der Waals surface area (Å²) in [7, 11) is 0. The van der Waals surface area contributed by atoms with E-state index < -0.39 is 6.10 Å². The summed E-state index contributed by atoms with van der Waals surface area (Å²) in [5.74, 6) is 0. The van der Waals surface area contributed by atoms with Gasteiger partial charge in [-0.05, 0) is 49.5 Å². The van der Waals surface area contributed by atoms with Gasteiger partial charge in [-0.25, -0.2) is 0 Å². The van der Waals surface area contributed by atoms with Gasteiger partial charge in [-0.15, -0.1) is 0 Å². The molecule has 0 spiro atoms. The summed E-state index contributed by atoms with van der Waals surface area (Å²) in [5, 5.41) is 9.85. The van der Waals surface area contributed by atoms with Crippen molar-refractivity contribution in [2.45, 2.75) is 59.2 Å². The van der Waals surface area contributed by atoms with Crippen LogP contribution in [0.2, 0.25) is 0 Å². The van der Waals surface area contributed by atoms with E-state index in [1.807, 2.05) is 13.0 Å². The second-order valence-corrected chi connectivity index (χ2v) is 4.51. The van der Waals surface area contributed by atoms with Crippen LogP contribution in [0.5, 0.6) is 0 Å². The van der Waals surface area contributed by atoms with Crippen molar-refractivity contribution in [3.63, 3.8) is 0 Å². The number of aliphatic hydroxyl groups excluding tert-OH is 1. The fourth-order valence-electron chi connectivity index (χ4n) is 2.01. The second-order valence-electron chi connectivity index (χ2n) is 4.51. The maximum absolute atomic E-state index is 9.85. The number of unbranched alkanes of at least 4 members (excludes halogenated alkanes) is 1. The third-order valence-electron chi connectivity index (χ3n) is 3.36. The molecule has 0 saturated carbocycles. The zero-order chi connectivity index (χ0) is 12.1. The minimum Gasteiger partial charge on any atom is -0.385 e. The van der Waals surface area contributed by atoms with E-state index in [4.69, 9.17) is 4.74 Å². The highest BCUT2D eigenvalue weighted by atomic mass is 16.5. The van der Waals surface area contributed by atoms with Gasteiger partial charge in [-0.1, -0.05) is 20.3 Å². The van der Waals surface area contributed by atoms with Crippen molar-refractivity contribution < 1.29 is 9.84 Å². The average Bonchev–Trinajstić information content (AvgIpc) is 2.29. The van der Waals surface area contributed by atoms with E-state index in [-0.39, 0.29) is 6.10 Å². The van der Waals surface area contributed by atoms with E-state index in [0.29, 0.717) is 0 Å². The molecule has 92 valence electrons. The van der Waals surface area contributed by atoms with Gasteiger partial charge in [0.1, 0.15) is 0 Å². The minimum atomic E-state index is -0.416. The molecular weight excluding hydrogens is 200 g/mol. The van der Waals surface area contributed by atoms with Crippen molar-refractivity contribution in [3.05, 3.63) is 22.8 Å². The summed E-state index contributed by atoms with van der Waals surface area (Å²) in [6, 6.07) is 0. The van der Waals surface area contributed by atoms with Gasteiger partial charge in [-0.2, -0.15) is 0 Å². The zero-order valence-electron chi connectivity index (χ0n) is 10.9. The molecule has 1 N–H and O–H groups in total. The molecule has 0 aromatic heterocycles. The summed E-state index contributed by atoms with van der Waals surface area (Å²) < 4.78 is 5.92. The Morgan fingerprint density at radius 1 is 1.25 bits per heavy atom. The fourth-order valence-corrected chi connectivity index (χ4v) is 2.01. The molecule has 2 heteroatoms. The van der Waals surface area contributed by atoms with Crippen LogP contribution in [0.4, 0.5) is 0 Å². The van der Waals surface area contributed by atoms with Gasteiger partial charge < -0.3 is 9.84 Å². The van der Waals surface area contributed by atoms with E-state index in [0.717, 1.165) is 31.4 Å². The molecule has 0 aromatic rings.